The minimum absolute atomic E-state index is 0.170. The molecule has 0 aromatic heterocycles. The topological polar surface area (TPSA) is 23.8 Å². The van der Waals surface area contributed by atoms with Crippen molar-refractivity contribution in [3.8, 4) is 6.07 Å². The number of nitrogens with zero attached hydrogens (tertiary/aromatic N) is 1. The first-order valence-electron chi connectivity index (χ1n) is 6.65. The predicted octanol–water partition coefficient (Wildman–Crippen LogP) is 4.95. The summed E-state index contributed by atoms with van der Waals surface area (Å²) in [4.78, 5) is 0. The molecule has 0 heterocycles. The number of hydrogen-bond donors (Lipinski definition) is 0. The highest BCUT2D eigenvalue weighted by Gasteiger charge is 2.61. The molecule has 1 aromatic carbocycles. The van der Waals surface area contributed by atoms with Crippen LogP contribution in [0.5, 0.6) is 0 Å². The third-order valence-electron chi connectivity index (χ3n) is 4.74. The van der Waals surface area contributed by atoms with Gasteiger partial charge < -0.3 is 0 Å². The van der Waals surface area contributed by atoms with E-state index in [0.29, 0.717) is 0 Å². The second-order valence-electron chi connectivity index (χ2n) is 6.44. The van der Waals surface area contributed by atoms with Crippen molar-refractivity contribution in [3.05, 3.63) is 53.1 Å². The van der Waals surface area contributed by atoms with Gasteiger partial charge in [0.15, 0.2) is 0 Å². The maximum absolute atomic E-state index is 9.31. The van der Waals surface area contributed by atoms with Gasteiger partial charge in [0.2, 0.25) is 0 Å². The molecule has 98 valence electrons. The van der Waals surface area contributed by atoms with Crippen molar-refractivity contribution in [2.75, 3.05) is 0 Å². The lowest BCUT2D eigenvalue weighted by Crippen LogP contribution is -1.95. The fourth-order valence-corrected chi connectivity index (χ4v) is 3.03. The summed E-state index contributed by atoms with van der Waals surface area (Å²) >= 11 is 0. The van der Waals surface area contributed by atoms with Gasteiger partial charge in [0.1, 0.15) is 0 Å². The highest BCUT2D eigenvalue weighted by molar-refractivity contribution is 5.87. The first kappa shape index (κ1) is 13.6. The van der Waals surface area contributed by atoms with Crippen LogP contribution in [-0.4, -0.2) is 0 Å². The summed E-state index contributed by atoms with van der Waals surface area (Å²) in [6, 6.07) is 10.1. The van der Waals surface area contributed by atoms with Crippen molar-refractivity contribution in [2.45, 2.75) is 34.6 Å². The lowest BCUT2D eigenvalue weighted by atomic mass is 9.93. The van der Waals surface area contributed by atoms with Crippen LogP contribution >= 0.6 is 0 Å². The fraction of sp³-hybridized carbons (Fsp3) is 0.389. The van der Waals surface area contributed by atoms with E-state index < -0.39 is 0 Å². The Morgan fingerprint density at radius 3 is 2.05 bits per heavy atom. The Hall–Kier alpha value is -1.81. The van der Waals surface area contributed by atoms with Gasteiger partial charge in [-0.2, -0.15) is 5.26 Å². The zero-order valence-corrected chi connectivity index (χ0v) is 12.5. The van der Waals surface area contributed by atoms with E-state index in [1.165, 1.54) is 11.1 Å². The zero-order chi connectivity index (χ0) is 14.4. The molecule has 1 nitrogen and oxygen atoms in total. The summed E-state index contributed by atoms with van der Waals surface area (Å²) in [7, 11) is 0. The van der Waals surface area contributed by atoms with Gasteiger partial charge in [0, 0.05) is 0 Å². The molecule has 0 saturated heterocycles. The van der Waals surface area contributed by atoms with E-state index in [0.717, 1.165) is 16.7 Å². The molecule has 2 rings (SSSR count). The maximum atomic E-state index is 9.31. The van der Waals surface area contributed by atoms with Crippen LogP contribution in [0.2, 0.25) is 0 Å². The number of benzene rings is 1. The molecule has 1 aromatic rings. The lowest BCUT2D eigenvalue weighted by Gasteiger charge is -2.10. The monoisotopic (exact) mass is 251 g/mol. The van der Waals surface area contributed by atoms with E-state index in [1.54, 1.807) is 0 Å². The SMILES string of the molecule is C=C(C)C(=C1C(C)(C)C1(C)C)c1ccccc1C#N. The maximum Gasteiger partial charge on any atom is 0.0998 e. The molecule has 0 N–H and O–H groups in total. The van der Waals surface area contributed by atoms with Gasteiger partial charge in [0.25, 0.3) is 0 Å². The van der Waals surface area contributed by atoms with Crippen LogP contribution in [0.4, 0.5) is 0 Å². The van der Waals surface area contributed by atoms with E-state index >= 15 is 0 Å². The molecule has 1 aliphatic rings. The van der Waals surface area contributed by atoms with Crippen molar-refractivity contribution in [1.29, 1.82) is 5.26 Å². The number of hydrogen-bond acceptors (Lipinski definition) is 1. The van der Waals surface area contributed by atoms with Crippen molar-refractivity contribution in [1.82, 2.24) is 0 Å². The Kier molecular flexibility index (Phi) is 2.94. The highest BCUT2D eigenvalue weighted by atomic mass is 14.6. The summed E-state index contributed by atoms with van der Waals surface area (Å²) in [5.74, 6) is 0. The van der Waals surface area contributed by atoms with E-state index in [9.17, 15) is 5.26 Å². The lowest BCUT2D eigenvalue weighted by molar-refractivity contribution is 0.457. The molecule has 0 aliphatic heterocycles. The molecule has 0 spiro atoms. The zero-order valence-electron chi connectivity index (χ0n) is 12.5. The first-order chi connectivity index (χ1) is 8.75. The minimum atomic E-state index is 0.170. The van der Waals surface area contributed by atoms with Crippen molar-refractivity contribution in [2.24, 2.45) is 10.8 Å². The second kappa shape index (κ2) is 4.10. The molecule has 19 heavy (non-hydrogen) atoms. The summed E-state index contributed by atoms with van der Waals surface area (Å²) in [6.07, 6.45) is 0. The third-order valence-corrected chi connectivity index (χ3v) is 4.74. The summed E-state index contributed by atoms with van der Waals surface area (Å²) in [5.41, 5.74) is 5.71. The Morgan fingerprint density at radius 1 is 1.11 bits per heavy atom. The van der Waals surface area contributed by atoms with Gasteiger partial charge >= 0.3 is 0 Å². The van der Waals surface area contributed by atoms with Crippen LogP contribution < -0.4 is 0 Å². The summed E-state index contributed by atoms with van der Waals surface area (Å²) in [5, 5.41) is 9.31. The molecule has 1 aliphatic carbocycles. The Labute approximate surface area is 116 Å². The molecule has 1 heteroatoms. The highest BCUT2D eigenvalue weighted by Crippen LogP contribution is 2.70. The number of rotatable bonds is 2. The van der Waals surface area contributed by atoms with E-state index in [4.69, 9.17) is 0 Å². The Balaban J connectivity index is 2.74. The van der Waals surface area contributed by atoms with Crippen LogP contribution in [0.25, 0.3) is 5.57 Å². The second-order valence-corrected chi connectivity index (χ2v) is 6.44. The summed E-state index contributed by atoms with van der Waals surface area (Å²) < 4.78 is 0. The van der Waals surface area contributed by atoms with Crippen molar-refractivity contribution >= 4 is 5.57 Å². The van der Waals surface area contributed by atoms with Gasteiger partial charge in [-0.3, -0.25) is 0 Å². The Morgan fingerprint density at radius 2 is 1.63 bits per heavy atom. The molecular formula is C18H21N. The van der Waals surface area contributed by atoms with Gasteiger partial charge in [-0.05, 0) is 40.5 Å². The van der Waals surface area contributed by atoms with Crippen LogP contribution in [0.1, 0.15) is 45.7 Å². The predicted molar refractivity (Wildman–Crippen MR) is 80.5 cm³/mol. The van der Waals surface area contributed by atoms with Crippen LogP contribution in [-0.2, 0) is 0 Å². The van der Waals surface area contributed by atoms with E-state index in [-0.39, 0.29) is 10.8 Å². The molecule has 0 amide bonds. The molecular weight excluding hydrogens is 230 g/mol. The largest absolute Gasteiger partial charge is 0.192 e. The molecule has 1 saturated carbocycles. The molecule has 0 atom stereocenters. The molecule has 0 radical (unpaired) electrons. The van der Waals surface area contributed by atoms with Crippen LogP contribution in [0.3, 0.4) is 0 Å². The van der Waals surface area contributed by atoms with Crippen molar-refractivity contribution < 1.29 is 0 Å². The van der Waals surface area contributed by atoms with Crippen LogP contribution in [0.15, 0.2) is 42.0 Å². The average Bonchev–Trinajstić information content (AvgIpc) is 2.73. The first-order valence-corrected chi connectivity index (χ1v) is 6.65. The van der Waals surface area contributed by atoms with E-state index in [1.807, 2.05) is 31.2 Å². The van der Waals surface area contributed by atoms with Gasteiger partial charge in [-0.1, -0.05) is 58.0 Å². The smallest absolute Gasteiger partial charge is 0.0998 e. The quantitative estimate of drug-likeness (QED) is 0.729. The third kappa shape index (κ3) is 1.83. The van der Waals surface area contributed by atoms with Gasteiger partial charge in [-0.15, -0.1) is 0 Å². The fourth-order valence-electron chi connectivity index (χ4n) is 3.03. The number of allylic oxidation sites excluding steroid dienone is 3. The molecule has 0 unspecified atom stereocenters. The van der Waals surface area contributed by atoms with Gasteiger partial charge in [0.05, 0.1) is 11.6 Å². The Bertz CT molecular complexity index is 605. The standard InChI is InChI=1S/C18H21N/c1-12(2)15(16-17(3,4)18(16,5)6)14-10-8-7-9-13(14)11-19/h7-10H,1H2,2-6H3. The molecule has 1 fully saturated rings. The van der Waals surface area contributed by atoms with Crippen molar-refractivity contribution in [3.63, 3.8) is 0 Å². The number of nitriles is 1. The average molecular weight is 251 g/mol. The van der Waals surface area contributed by atoms with E-state index in [2.05, 4.69) is 40.3 Å². The normalized spacial score (nSPS) is 18.6. The van der Waals surface area contributed by atoms with Gasteiger partial charge in [-0.25, -0.2) is 0 Å². The summed E-state index contributed by atoms with van der Waals surface area (Å²) in [6.45, 7) is 15.2. The minimum Gasteiger partial charge on any atom is -0.192 e. The molecule has 0 bridgehead atoms. The van der Waals surface area contributed by atoms with Crippen LogP contribution in [0, 0.1) is 22.2 Å².